The second-order valence-corrected chi connectivity index (χ2v) is 6.80. The highest BCUT2D eigenvalue weighted by atomic mass is 35.5. The van der Waals surface area contributed by atoms with Crippen molar-refractivity contribution in [1.82, 2.24) is 19.9 Å². The average Bonchev–Trinajstić information content (AvgIpc) is 3.18. The van der Waals surface area contributed by atoms with E-state index < -0.39 is 5.97 Å². The maximum absolute atomic E-state index is 11.9. The lowest BCUT2D eigenvalue weighted by Crippen LogP contribution is -2.05. The summed E-state index contributed by atoms with van der Waals surface area (Å²) in [4.78, 5) is 28.2. The van der Waals surface area contributed by atoms with Crippen LogP contribution in [0.5, 0.6) is 0 Å². The van der Waals surface area contributed by atoms with Crippen molar-refractivity contribution in [2.24, 2.45) is 0 Å². The van der Waals surface area contributed by atoms with Gasteiger partial charge in [-0.25, -0.2) is 19.7 Å². The number of nitrogens with one attached hydrogen (secondary N) is 1. The molecule has 0 radical (unpaired) electrons. The van der Waals surface area contributed by atoms with Crippen LogP contribution in [0.2, 0.25) is 5.02 Å². The highest BCUT2D eigenvalue weighted by Gasteiger charge is 2.12. The van der Waals surface area contributed by atoms with Gasteiger partial charge >= 0.3 is 5.97 Å². The number of halogens is 1. The lowest BCUT2D eigenvalue weighted by atomic mass is 10.2. The third kappa shape index (κ3) is 4.57. The van der Waals surface area contributed by atoms with Crippen LogP contribution in [-0.4, -0.2) is 32.5 Å². The van der Waals surface area contributed by atoms with Crippen LogP contribution in [0.4, 0.5) is 0 Å². The fraction of sp³-hybridized carbons (Fsp3) is 0.105. The van der Waals surface area contributed by atoms with E-state index in [1.165, 1.54) is 24.2 Å². The Morgan fingerprint density at radius 1 is 1.29 bits per heavy atom. The molecule has 2 heterocycles. The van der Waals surface area contributed by atoms with Crippen molar-refractivity contribution in [3.8, 4) is 6.07 Å². The molecule has 7 nitrogen and oxygen atoms in total. The largest absolute Gasteiger partial charge is 0.462 e. The first-order valence-corrected chi connectivity index (χ1v) is 9.39. The van der Waals surface area contributed by atoms with Crippen LogP contribution in [0.1, 0.15) is 12.5 Å². The smallest absolute Gasteiger partial charge is 0.348 e. The zero-order valence-electron chi connectivity index (χ0n) is 14.7. The standard InChI is InChI=1S/C19H14ClN5O2S/c1-2-27-19(26)13(9-21)5-8-15(12-3-6-14(20)7-4-12)28-18-16-17(23-10-22-16)24-11-25-18/h3-8,10-11H,2H2,1H3,(H,22,23,24,25)/b13-5+,15-8-. The number of aromatic nitrogens is 4. The van der Waals surface area contributed by atoms with Gasteiger partial charge in [-0.05, 0) is 36.8 Å². The summed E-state index contributed by atoms with van der Waals surface area (Å²) in [7, 11) is 0. The van der Waals surface area contributed by atoms with Crippen molar-refractivity contribution in [3.63, 3.8) is 0 Å². The molecule has 3 aromatic rings. The Balaban J connectivity index is 2.02. The highest BCUT2D eigenvalue weighted by molar-refractivity contribution is 8.08. The van der Waals surface area contributed by atoms with Crippen LogP contribution < -0.4 is 0 Å². The van der Waals surface area contributed by atoms with Gasteiger partial charge in [0.25, 0.3) is 0 Å². The molecule has 0 aliphatic carbocycles. The quantitative estimate of drug-likeness (QED) is 0.162. The summed E-state index contributed by atoms with van der Waals surface area (Å²) in [6.45, 7) is 1.88. The highest BCUT2D eigenvalue weighted by Crippen LogP contribution is 2.36. The predicted molar refractivity (Wildman–Crippen MR) is 107 cm³/mol. The van der Waals surface area contributed by atoms with Crippen LogP contribution in [0.15, 0.2) is 59.7 Å². The van der Waals surface area contributed by atoms with Gasteiger partial charge in [-0.3, -0.25) is 0 Å². The summed E-state index contributed by atoms with van der Waals surface area (Å²) in [5.74, 6) is -0.667. The van der Waals surface area contributed by atoms with E-state index in [2.05, 4.69) is 19.9 Å². The molecule has 0 atom stereocenters. The summed E-state index contributed by atoms with van der Waals surface area (Å²) in [5.41, 5.74) is 2.00. The Labute approximate surface area is 170 Å². The molecule has 0 saturated carbocycles. The van der Waals surface area contributed by atoms with Crippen LogP contribution in [0.3, 0.4) is 0 Å². The Morgan fingerprint density at radius 2 is 2.07 bits per heavy atom. The monoisotopic (exact) mass is 411 g/mol. The molecule has 1 aromatic carbocycles. The van der Waals surface area contributed by atoms with E-state index in [0.717, 1.165) is 10.5 Å². The number of rotatable bonds is 6. The predicted octanol–water partition coefficient (Wildman–Crippen LogP) is 4.15. The minimum Gasteiger partial charge on any atom is -0.462 e. The van der Waals surface area contributed by atoms with Crippen LogP contribution in [0.25, 0.3) is 16.1 Å². The summed E-state index contributed by atoms with van der Waals surface area (Å²) in [5, 5.41) is 10.5. The topological polar surface area (TPSA) is 105 Å². The third-order valence-electron chi connectivity index (χ3n) is 3.54. The zero-order chi connectivity index (χ0) is 19.9. The summed E-state index contributed by atoms with van der Waals surface area (Å²) in [6, 6.07) is 9.07. The van der Waals surface area contributed by atoms with Crippen molar-refractivity contribution in [2.75, 3.05) is 6.61 Å². The van der Waals surface area contributed by atoms with E-state index >= 15 is 0 Å². The number of nitrogens with zero attached hydrogens (tertiary/aromatic N) is 4. The lowest BCUT2D eigenvalue weighted by Gasteiger charge is -2.07. The van der Waals surface area contributed by atoms with Gasteiger partial charge in [-0.2, -0.15) is 5.26 Å². The minimum absolute atomic E-state index is 0.0942. The molecule has 9 heteroatoms. The molecule has 140 valence electrons. The third-order valence-corrected chi connectivity index (χ3v) is 4.89. The number of H-pyrrole nitrogens is 1. The lowest BCUT2D eigenvalue weighted by molar-refractivity contribution is -0.138. The fourth-order valence-electron chi connectivity index (χ4n) is 2.25. The van der Waals surface area contributed by atoms with Gasteiger partial charge in [0, 0.05) is 9.93 Å². The molecule has 0 amide bonds. The van der Waals surface area contributed by atoms with Crippen molar-refractivity contribution >= 4 is 45.4 Å². The zero-order valence-corrected chi connectivity index (χ0v) is 16.3. The number of nitriles is 1. The van der Waals surface area contributed by atoms with Crippen LogP contribution >= 0.6 is 23.4 Å². The van der Waals surface area contributed by atoms with Gasteiger partial charge in [-0.15, -0.1) is 0 Å². The second kappa shape index (κ2) is 9.17. The average molecular weight is 412 g/mol. The van der Waals surface area contributed by atoms with E-state index in [0.29, 0.717) is 21.2 Å². The number of benzene rings is 1. The molecule has 0 spiro atoms. The first-order valence-electron chi connectivity index (χ1n) is 8.19. The van der Waals surface area contributed by atoms with Crippen LogP contribution in [-0.2, 0) is 9.53 Å². The van der Waals surface area contributed by atoms with E-state index in [-0.39, 0.29) is 12.2 Å². The SMILES string of the molecule is CCOC(=O)/C(C#N)=C/C=C(\Sc1ncnc2nc[nH]c12)c1ccc(Cl)cc1. The number of aromatic amines is 1. The molecule has 28 heavy (non-hydrogen) atoms. The van der Waals surface area contributed by atoms with E-state index in [4.69, 9.17) is 16.3 Å². The van der Waals surface area contributed by atoms with E-state index in [1.807, 2.05) is 18.2 Å². The van der Waals surface area contributed by atoms with Crippen molar-refractivity contribution in [1.29, 1.82) is 5.26 Å². The number of imidazole rings is 1. The molecule has 0 bridgehead atoms. The Bertz CT molecular complexity index is 1100. The van der Waals surface area contributed by atoms with Crippen LogP contribution in [0, 0.1) is 11.3 Å². The number of ether oxygens (including phenoxy) is 1. The van der Waals surface area contributed by atoms with Gasteiger partial charge in [0.15, 0.2) is 5.65 Å². The van der Waals surface area contributed by atoms with Gasteiger partial charge in [-0.1, -0.05) is 35.5 Å². The van der Waals surface area contributed by atoms with Gasteiger partial charge in [0.1, 0.15) is 28.5 Å². The van der Waals surface area contributed by atoms with Crippen molar-refractivity contribution in [3.05, 3.63) is 65.2 Å². The molecule has 1 N–H and O–H groups in total. The summed E-state index contributed by atoms with van der Waals surface area (Å²) < 4.78 is 4.90. The number of hydrogen-bond donors (Lipinski definition) is 1. The fourth-order valence-corrected chi connectivity index (χ4v) is 3.32. The van der Waals surface area contributed by atoms with E-state index in [1.54, 1.807) is 31.5 Å². The molecular formula is C19H14ClN5O2S. The first kappa shape index (κ1) is 19.6. The normalized spacial score (nSPS) is 12.0. The van der Waals surface area contributed by atoms with Crippen molar-refractivity contribution in [2.45, 2.75) is 11.9 Å². The molecule has 0 aliphatic rings. The van der Waals surface area contributed by atoms with Crippen molar-refractivity contribution < 1.29 is 9.53 Å². The Hall–Kier alpha value is -3.15. The molecule has 0 aliphatic heterocycles. The molecule has 3 rings (SSSR count). The first-order chi connectivity index (χ1) is 13.6. The second-order valence-electron chi connectivity index (χ2n) is 5.33. The number of fused-ring (bicyclic) bond motifs is 1. The summed E-state index contributed by atoms with van der Waals surface area (Å²) in [6.07, 6.45) is 6.08. The minimum atomic E-state index is -0.667. The van der Waals surface area contributed by atoms with E-state index in [9.17, 15) is 10.1 Å². The number of esters is 1. The molecular weight excluding hydrogens is 398 g/mol. The maximum atomic E-state index is 11.9. The van der Waals surface area contributed by atoms with Gasteiger partial charge in [0.05, 0.1) is 12.9 Å². The number of carbonyl (C=O) groups is 1. The number of allylic oxidation sites excluding steroid dienone is 2. The number of carbonyl (C=O) groups excluding carboxylic acids is 1. The maximum Gasteiger partial charge on any atom is 0.348 e. The van der Waals surface area contributed by atoms with Gasteiger partial charge < -0.3 is 9.72 Å². The number of hydrogen-bond acceptors (Lipinski definition) is 7. The Morgan fingerprint density at radius 3 is 2.79 bits per heavy atom. The molecule has 0 saturated heterocycles. The number of thioether (sulfide) groups is 1. The molecule has 0 unspecified atom stereocenters. The molecule has 0 fully saturated rings. The molecule has 2 aromatic heterocycles. The summed E-state index contributed by atoms with van der Waals surface area (Å²) >= 11 is 7.34. The van der Waals surface area contributed by atoms with Gasteiger partial charge in [0.2, 0.25) is 0 Å². The Kier molecular flexibility index (Phi) is 6.42.